The maximum Gasteiger partial charge on any atom is 0.250 e. The largest absolute Gasteiger partial charge is 0.366 e. The lowest BCUT2D eigenvalue weighted by molar-refractivity contribution is -0.112. The Kier molecular flexibility index (Phi) is 1.39. The van der Waals surface area contributed by atoms with Crippen molar-refractivity contribution >= 4 is 28.5 Å². The van der Waals surface area contributed by atoms with Crippen LogP contribution in [-0.2, 0) is 4.79 Å². The smallest absolute Gasteiger partial charge is 0.250 e. The zero-order valence-corrected chi connectivity index (χ0v) is 7.64. The average molecular weight is 198 g/mol. The maximum absolute atomic E-state index is 11.2. The molecule has 1 amide bonds. The van der Waals surface area contributed by atoms with Gasteiger partial charge < -0.3 is 5.73 Å². The van der Waals surface area contributed by atoms with E-state index >= 15 is 0 Å². The van der Waals surface area contributed by atoms with E-state index < -0.39 is 5.91 Å². The van der Waals surface area contributed by atoms with E-state index in [-0.39, 0.29) is 0 Å². The van der Waals surface area contributed by atoms with Gasteiger partial charge in [-0.1, -0.05) is 0 Å². The quantitative estimate of drug-likeness (QED) is 0.717. The van der Waals surface area contributed by atoms with E-state index in [9.17, 15) is 4.79 Å². The summed E-state index contributed by atoms with van der Waals surface area (Å²) in [5.74, 6) is -0.493. The molecule has 5 nitrogen and oxygen atoms in total. The predicted molar refractivity (Wildman–Crippen MR) is 54.4 cm³/mol. The van der Waals surface area contributed by atoms with Gasteiger partial charge in [0.2, 0.25) is 0 Å². The lowest BCUT2D eigenvalue weighted by atomic mass is 10.2. The summed E-state index contributed by atoms with van der Waals surface area (Å²) >= 11 is 0. The minimum Gasteiger partial charge on any atom is -0.366 e. The molecule has 2 N–H and O–H groups in total. The Morgan fingerprint density at radius 1 is 1.27 bits per heavy atom. The summed E-state index contributed by atoms with van der Waals surface area (Å²) in [6, 6.07) is 1.78. The third-order valence-corrected chi connectivity index (χ3v) is 2.38. The lowest BCUT2D eigenvalue weighted by Crippen LogP contribution is -2.12. The molecule has 0 saturated carbocycles. The van der Waals surface area contributed by atoms with Crippen molar-refractivity contribution in [3.05, 3.63) is 30.0 Å². The molecule has 0 spiro atoms. The topological polar surface area (TPSA) is 81.8 Å². The van der Waals surface area contributed by atoms with Gasteiger partial charge in [-0.05, 0) is 12.1 Å². The number of carbonyl (C=O) groups is 1. The number of aromatic nitrogens is 3. The summed E-state index contributed by atoms with van der Waals surface area (Å²) in [5, 5.41) is 0.800. The minimum atomic E-state index is -0.493. The number of hydrogen-bond donors (Lipinski definition) is 1. The number of rotatable bonds is 1. The van der Waals surface area contributed by atoms with Crippen LogP contribution in [0.5, 0.6) is 0 Å². The molecule has 3 rings (SSSR count). The van der Waals surface area contributed by atoms with E-state index in [1.165, 1.54) is 6.33 Å². The zero-order chi connectivity index (χ0) is 10.4. The molecule has 0 aromatic carbocycles. The summed E-state index contributed by atoms with van der Waals surface area (Å²) in [6.07, 6.45) is 4.72. The Morgan fingerprint density at radius 2 is 2.13 bits per heavy atom. The standard InChI is InChI=1S/C10H6N4O/c11-10(15)5-3-7-8-6(1-2-12-7)13-4-14-9(5)8/h1-4H,(H2,11,15). The zero-order valence-electron chi connectivity index (χ0n) is 7.64. The highest BCUT2D eigenvalue weighted by Gasteiger charge is 2.22. The molecular weight excluding hydrogens is 192 g/mol. The van der Waals surface area contributed by atoms with Crippen molar-refractivity contribution in [2.45, 2.75) is 0 Å². The van der Waals surface area contributed by atoms with Crippen LogP contribution < -0.4 is 5.73 Å². The SMILES string of the molecule is NC(=O)C1=Cc2nccc3ncnc1c23. The number of nitrogens with two attached hydrogens (primary N) is 1. The van der Waals surface area contributed by atoms with Gasteiger partial charge in [0.1, 0.15) is 6.33 Å². The summed E-state index contributed by atoms with van der Waals surface area (Å²) in [6.45, 7) is 0. The van der Waals surface area contributed by atoms with Crippen LogP contribution in [0, 0.1) is 0 Å². The molecule has 15 heavy (non-hydrogen) atoms. The van der Waals surface area contributed by atoms with Gasteiger partial charge in [-0.25, -0.2) is 9.97 Å². The van der Waals surface area contributed by atoms with Gasteiger partial charge in [0.05, 0.1) is 27.9 Å². The van der Waals surface area contributed by atoms with Crippen molar-refractivity contribution in [1.29, 1.82) is 0 Å². The molecule has 0 atom stereocenters. The van der Waals surface area contributed by atoms with E-state index in [0.717, 1.165) is 10.9 Å². The normalized spacial score (nSPS) is 12.9. The molecule has 2 aromatic heterocycles. The Labute approximate surface area is 84.7 Å². The molecule has 0 unspecified atom stereocenters. The highest BCUT2D eigenvalue weighted by Crippen LogP contribution is 2.31. The first-order valence-electron chi connectivity index (χ1n) is 4.39. The molecule has 0 radical (unpaired) electrons. The lowest BCUT2D eigenvalue weighted by Gasteiger charge is -1.99. The Bertz CT molecular complexity index is 613. The third kappa shape index (κ3) is 0.969. The van der Waals surface area contributed by atoms with Gasteiger partial charge in [-0.2, -0.15) is 0 Å². The fraction of sp³-hybridized carbons (Fsp3) is 0. The summed E-state index contributed by atoms with van der Waals surface area (Å²) < 4.78 is 0. The molecule has 0 bridgehead atoms. The molecule has 1 aliphatic carbocycles. The molecule has 2 aromatic rings. The highest BCUT2D eigenvalue weighted by atomic mass is 16.1. The number of carbonyl (C=O) groups excluding carboxylic acids is 1. The van der Waals surface area contributed by atoms with Crippen LogP contribution in [0.25, 0.3) is 22.6 Å². The molecule has 2 heterocycles. The average Bonchev–Trinajstić information content (AvgIpc) is 2.61. The van der Waals surface area contributed by atoms with Crippen molar-refractivity contribution in [1.82, 2.24) is 15.0 Å². The summed E-state index contributed by atoms with van der Waals surface area (Å²) in [5.41, 5.74) is 7.72. The molecule has 5 heteroatoms. The van der Waals surface area contributed by atoms with Crippen LogP contribution >= 0.6 is 0 Å². The van der Waals surface area contributed by atoms with Crippen molar-refractivity contribution in [3.8, 4) is 0 Å². The number of primary amides is 1. The van der Waals surface area contributed by atoms with Crippen LogP contribution in [0.3, 0.4) is 0 Å². The van der Waals surface area contributed by atoms with E-state index in [2.05, 4.69) is 15.0 Å². The first-order valence-corrected chi connectivity index (χ1v) is 4.39. The monoisotopic (exact) mass is 198 g/mol. The number of nitrogens with zero attached hydrogens (tertiary/aromatic N) is 3. The Morgan fingerprint density at radius 3 is 2.93 bits per heavy atom. The van der Waals surface area contributed by atoms with Crippen molar-refractivity contribution < 1.29 is 4.79 Å². The number of hydrogen-bond acceptors (Lipinski definition) is 4. The molecule has 0 saturated heterocycles. The second-order valence-electron chi connectivity index (χ2n) is 3.23. The van der Waals surface area contributed by atoms with Crippen LogP contribution in [0.15, 0.2) is 18.6 Å². The van der Waals surface area contributed by atoms with Gasteiger partial charge in [0.15, 0.2) is 0 Å². The fourth-order valence-electron chi connectivity index (χ4n) is 1.74. The summed E-state index contributed by atoms with van der Waals surface area (Å²) in [7, 11) is 0. The predicted octanol–water partition coefficient (Wildman–Crippen LogP) is 0.364. The molecular formula is C10H6N4O. The second kappa shape index (κ2) is 2.60. The van der Waals surface area contributed by atoms with Crippen molar-refractivity contribution in [2.75, 3.05) is 0 Å². The van der Waals surface area contributed by atoms with Crippen LogP contribution in [0.4, 0.5) is 0 Å². The minimum absolute atomic E-state index is 0.399. The molecule has 1 aliphatic rings. The van der Waals surface area contributed by atoms with Crippen LogP contribution in [-0.4, -0.2) is 20.9 Å². The van der Waals surface area contributed by atoms with Crippen molar-refractivity contribution in [2.24, 2.45) is 5.73 Å². The van der Waals surface area contributed by atoms with Gasteiger partial charge in [-0.3, -0.25) is 9.78 Å². The van der Waals surface area contributed by atoms with Gasteiger partial charge in [-0.15, -0.1) is 0 Å². The Hall–Kier alpha value is -2.30. The Balaban J connectivity index is 2.45. The van der Waals surface area contributed by atoms with Gasteiger partial charge in [0.25, 0.3) is 5.91 Å². The van der Waals surface area contributed by atoms with Gasteiger partial charge >= 0.3 is 0 Å². The first-order chi connectivity index (χ1) is 7.27. The van der Waals surface area contributed by atoms with E-state index in [0.29, 0.717) is 17.0 Å². The van der Waals surface area contributed by atoms with E-state index in [1.807, 2.05) is 0 Å². The fourth-order valence-corrected chi connectivity index (χ4v) is 1.74. The second-order valence-corrected chi connectivity index (χ2v) is 3.23. The molecule has 0 fully saturated rings. The number of amides is 1. The molecule has 0 aliphatic heterocycles. The van der Waals surface area contributed by atoms with Crippen LogP contribution in [0.1, 0.15) is 11.4 Å². The van der Waals surface area contributed by atoms with E-state index in [4.69, 9.17) is 5.73 Å². The van der Waals surface area contributed by atoms with Crippen molar-refractivity contribution in [3.63, 3.8) is 0 Å². The van der Waals surface area contributed by atoms with E-state index in [1.54, 1.807) is 18.3 Å². The highest BCUT2D eigenvalue weighted by molar-refractivity contribution is 6.29. The molecule has 72 valence electrons. The number of pyridine rings is 1. The third-order valence-electron chi connectivity index (χ3n) is 2.38. The van der Waals surface area contributed by atoms with Gasteiger partial charge in [0, 0.05) is 6.20 Å². The first kappa shape index (κ1) is 8.05. The van der Waals surface area contributed by atoms with Crippen LogP contribution in [0.2, 0.25) is 0 Å². The summed E-state index contributed by atoms with van der Waals surface area (Å²) in [4.78, 5) is 23.5. The maximum atomic E-state index is 11.2.